The molecule has 17 heavy (non-hydrogen) atoms. The molecule has 2 aromatic rings. The Labute approximate surface area is 98.7 Å². The van der Waals surface area contributed by atoms with Crippen LogP contribution in [-0.2, 0) is 11.2 Å². The number of aliphatic carboxylic acids is 1. The third-order valence-electron chi connectivity index (χ3n) is 2.49. The van der Waals surface area contributed by atoms with Crippen LogP contribution in [0.1, 0.15) is 18.4 Å². The van der Waals surface area contributed by atoms with Crippen molar-refractivity contribution in [2.45, 2.75) is 19.3 Å². The lowest BCUT2D eigenvalue weighted by atomic mass is 10.1. The average molecular weight is 231 g/mol. The molecule has 0 unspecified atom stereocenters. The molecule has 0 aliphatic rings. The van der Waals surface area contributed by atoms with E-state index in [1.807, 2.05) is 24.3 Å². The van der Waals surface area contributed by atoms with Crippen LogP contribution in [0, 0.1) is 0 Å². The highest BCUT2D eigenvalue weighted by atomic mass is 16.4. The third-order valence-corrected chi connectivity index (χ3v) is 2.49. The molecule has 5 nitrogen and oxygen atoms in total. The van der Waals surface area contributed by atoms with Crippen molar-refractivity contribution >= 4 is 5.97 Å². The molecule has 0 amide bonds. The van der Waals surface area contributed by atoms with Gasteiger partial charge in [-0.15, -0.1) is 0 Å². The van der Waals surface area contributed by atoms with Crippen molar-refractivity contribution in [1.29, 1.82) is 0 Å². The second-order valence-corrected chi connectivity index (χ2v) is 3.72. The van der Waals surface area contributed by atoms with Gasteiger partial charge in [0.1, 0.15) is 12.7 Å². The Bertz CT molecular complexity index is 494. The number of benzene rings is 1. The maximum Gasteiger partial charge on any atom is 0.303 e. The monoisotopic (exact) mass is 231 g/mol. The first-order valence-electron chi connectivity index (χ1n) is 5.42. The standard InChI is InChI=1S/C12H13N3O2/c16-12(17)7-3-5-10-4-1-2-6-11(10)15-9-13-8-14-15/h1-2,4,6,8-9H,3,5,7H2,(H,16,17). The maximum absolute atomic E-state index is 10.5. The summed E-state index contributed by atoms with van der Waals surface area (Å²) in [5, 5.41) is 12.7. The van der Waals surface area contributed by atoms with Gasteiger partial charge in [0.25, 0.3) is 0 Å². The summed E-state index contributed by atoms with van der Waals surface area (Å²) < 4.78 is 1.69. The van der Waals surface area contributed by atoms with Gasteiger partial charge in [-0.3, -0.25) is 4.79 Å². The third kappa shape index (κ3) is 2.90. The summed E-state index contributed by atoms with van der Waals surface area (Å²) in [6.45, 7) is 0. The van der Waals surface area contributed by atoms with Gasteiger partial charge in [-0.25, -0.2) is 9.67 Å². The van der Waals surface area contributed by atoms with Crippen LogP contribution in [0.2, 0.25) is 0 Å². The molecule has 1 aromatic heterocycles. The Morgan fingerprint density at radius 2 is 2.18 bits per heavy atom. The molecule has 1 N–H and O–H groups in total. The zero-order chi connectivity index (χ0) is 12.1. The molecule has 0 fully saturated rings. The molecule has 0 saturated carbocycles. The largest absolute Gasteiger partial charge is 0.481 e. The number of rotatable bonds is 5. The van der Waals surface area contributed by atoms with Crippen LogP contribution in [0.4, 0.5) is 0 Å². The number of para-hydroxylation sites is 1. The number of hydrogen-bond acceptors (Lipinski definition) is 3. The van der Waals surface area contributed by atoms with E-state index >= 15 is 0 Å². The summed E-state index contributed by atoms with van der Waals surface area (Å²) in [4.78, 5) is 14.4. The van der Waals surface area contributed by atoms with E-state index in [-0.39, 0.29) is 6.42 Å². The Kier molecular flexibility index (Phi) is 3.49. The molecule has 0 saturated heterocycles. The second kappa shape index (κ2) is 5.25. The molecular weight excluding hydrogens is 218 g/mol. The summed E-state index contributed by atoms with van der Waals surface area (Å²) in [6, 6.07) is 7.80. The summed E-state index contributed by atoms with van der Waals surface area (Å²) in [7, 11) is 0. The highest BCUT2D eigenvalue weighted by molar-refractivity contribution is 5.66. The van der Waals surface area contributed by atoms with Gasteiger partial charge in [0.2, 0.25) is 0 Å². The fraction of sp³-hybridized carbons (Fsp3) is 0.250. The van der Waals surface area contributed by atoms with Crippen LogP contribution >= 0.6 is 0 Å². The Balaban J connectivity index is 2.14. The van der Waals surface area contributed by atoms with Crippen LogP contribution in [0.25, 0.3) is 5.69 Å². The number of nitrogens with zero attached hydrogens (tertiary/aromatic N) is 3. The minimum Gasteiger partial charge on any atom is -0.481 e. The molecule has 1 heterocycles. The molecule has 0 radical (unpaired) electrons. The Morgan fingerprint density at radius 3 is 2.88 bits per heavy atom. The highest BCUT2D eigenvalue weighted by Gasteiger charge is 2.05. The predicted molar refractivity (Wildman–Crippen MR) is 61.9 cm³/mol. The van der Waals surface area contributed by atoms with Crippen molar-refractivity contribution in [2.24, 2.45) is 0 Å². The first-order chi connectivity index (χ1) is 8.27. The van der Waals surface area contributed by atoms with E-state index in [4.69, 9.17) is 5.11 Å². The summed E-state index contributed by atoms with van der Waals surface area (Å²) in [5.74, 6) is -0.761. The lowest BCUT2D eigenvalue weighted by molar-refractivity contribution is -0.137. The van der Waals surface area contributed by atoms with Crippen LogP contribution in [0.3, 0.4) is 0 Å². The molecule has 2 rings (SSSR count). The van der Waals surface area contributed by atoms with Crippen molar-refractivity contribution in [3.8, 4) is 5.69 Å². The van der Waals surface area contributed by atoms with Crippen molar-refractivity contribution in [2.75, 3.05) is 0 Å². The van der Waals surface area contributed by atoms with Gasteiger partial charge in [-0.1, -0.05) is 18.2 Å². The number of aromatic nitrogens is 3. The smallest absolute Gasteiger partial charge is 0.303 e. The maximum atomic E-state index is 10.5. The average Bonchev–Trinajstić information content (AvgIpc) is 2.82. The van der Waals surface area contributed by atoms with Crippen molar-refractivity contribution in [3.63, 3.8) is 0 Å². The topological polar surface area (TPSA) is 68.0 Å². The van der Waals surface area contributed by atoms with E-state index in [1.165, 1.54) is 6.33 Å². The first-order valence-corrected chi connectivity index (χ1v) is 5.42. The number of carbonyl (C=O) groups is 1. The van der Waals surface area contributed by atoms with Crippen molar-refractivity contribution in [3.05, 3.63) is 42.5 Å². The summed E-state index contributed by atoms with van der Waals surface area (Å²) >= 11 is 0. The van der Waals surface area contributed by atoms with Crippen molar-refractivity contribution < 1.29 is 9.90 Å². The number of carboxylic acid groups (broad SMARTS) is 1. The predicted octanol–water partition coefficient (Wildman–Crippen LogP) is 1.67. The van der Waals surface area contributed by atoms with E-state index in [0.29, 0.717) is 6.42 Å². The Morgan fingerprint density at radius 1 is 1.35 bits per heavy atom. The van der Waals surface area contributed by atoms with Gasteiger partial charge < -0.3 is 5.11 Å². The van der Waals surface area contributed by atoms with Gasteiger partial charge in [0.05, 0.1) is 5.69 Å². The highest BCUT2D eigenvalue weighted by Crippen LogP contribution is 2.15. The minimum atomic E-state index is -0.761. The van der Waals surface area contributed by atoms with Crippen LogP contribution < -0.4 is 0 Å². The molecule has 0 bridgehead atoms. The van der Waals surface area contributed by atoms with Gasteiger partial charge >= 0.3 is 5.97 Å². The van der Waals surface area contributed by atoms with Crippen molar-refractivity contribution in [1.82, 2.24) is 14.8 Å². The van der Waals surface area contributed by atoms with E-state index in [0.717, 1.165) is 17.7 Å². The molecule has 0 aliphatic carbocycles. The molecule has 88 valence electrons. The fourth-order valence-corrected chi connectivity index (χ4v) is 1.71. The van der Waals surface area contributed by atoms with Crippen LogP contribution in [0.5, 0.6) is 0 Å². The molecule has 0 aliphatic heterocycles. The fourth-order valence-electron chi connectivity index (χ4n) is 1.71. The second-order valence-electron chi connectivity index (χ2n) is 3.72. The number of aryl methyl sites for hydroxylation is 1. The zero-order valence-corrected chi connectivity index (χ0v) is 9.28. The molecular formula is C12H13N3O2. The SMILES string of the molecule is O=C(O)CCCc1ccccc1-n1cncn1. The van der Waals surface area contributed by atoms with E-state index < -0.39 is 5.97 Å². The zero-order valence-electron chi connectivity index (χ0n) is 9.28. The molecule has 0 spiro atoms. The van der Waals surface area contributed by atoms with Gasteiger partial charge in [-0.05, 0) is 24.5 Å². The lowest BCUT2D eigenvalue weighted by Crippen LogP contribution is -2.01. The molecule has 5 heteroatoms. The molecule has 1 aromatic carbocycles. The van der Waals surface area contributed by atoms with Gasteiger partial charge in [0, 0.05) is 6.42 Å². The Hall–Kier alpha value is -2.17. The lowest BCUT2D eigenvalue weighted by Gasteiger charge is -2.07. The normalized spacial score (nSPS) is 10.4. The number of carboxylic acids is 1. The van der Waals surface area contributed by atoms with E-state index in [2.05, 4.69) is 10.1 Å². The van der Waals surface area contributed by atoms with Crippen LogP contribution in [0.15, 0.2) is 36.9 Å². The van der Waals surface area contributed by atoms with E-state index in [9.17, 15) is 4.79 Å². The van der Waals surface area contributed by atoms with Gasteiger partial charge in [-0.2, -0.15) is 5.10 Å². The quantitative estimate of drug-likeness (QED) is 0.850. The molecule has 0 atom stereocenters. The van der Waals surface area contributed by atoms with E-state index in [1.54, 1.807) is 11.0 Å². The minimum absolute atomic E-state index is 0.186. The summed E-state index contributed by atoms with van der Waals surface area (Å²) in [5.41, 5.74) is 2.04. The van der Waals surface area contributed by atoms with Crippen LogP contribution in [-0.4, -0.2) is 25.8 Å². The summed E-state index contributed by atoms with van der Waals surface area (Å²) in [6.07, 6.45) is 4.65. The number of hydrogen-bond donors (Lipinski definition) is 1. The first kappa shape index (κ1) is 11.3. The van der Waals surface area contributed by atoms with Gasteiger partial charge in [0.15, 0.2) is 0 Å².